The molecule has 2 heterocycles. The van der Waals surface area contributed by atoms with Gasteiger partial charge in [-0.05, 0) is 30.5 Å². The Balaban J connectivity index is 1.81. The highest BCUT2D eigenvalue weighted by Gasteiger charge is 2.30. The van der Waals surface area contributed by atoms with Crippen molar-refractivity contribution in [2.45, 2.75) is 25.4 Å². The number of benzene rings is 2. The molecule has 7 nitrogen and oxygen atoms in total. The summed E-state index contributed by atoms with van der Waals surface area (Å²) < 4.78 is 4.20. The number of rotatable bonds is 5. The third-order valence-corrected chi connectivity index (χ3v) is 6.11. The van der Waals surface area contributed by atoms with Crippen LogP contribution in [0.3, 0.4) is 0 Å². The molecular formula is C24H23BN4O3. The van der Waals surface area contributed by atoms with Crippen molar-refractivity contribution in [3.05, 3.63) is 97.4 Å². The van der Waals surface area contributed by atoms with Crippen LogP contribution in [0, 0.1) is 0 Å². The van der Waals surface area contributed by atoms with Crippen LogP contribution in [0.2, 0.25) is 0 Å². The lowest BCUT2D eigenvalue weighted by molar-refractivity contribution is 0.637. The van der Waals surface area contributed by atoms with E-state index in [0.29, 0.717) is 29.0 Å². The molecule has 5 rings (SSSR count). The van der Waals surface area contributed by atoms with Gasteiger partial charge in [0.15, 0.2) is 0 Å². The van der Waals surface area contributed by atoms with Gasteiger partial charge in [0.2, 0.25) is 0 Å². The van der Waals surface area contributed by atoms with E-state index >= 15 is 0 Å². The van der Waals surface area contributed by atoms with E-state index in [4.69, 9.17) is 0 Å². The van der Waals surface area contributed by atoms with Crippen LogP contribution in [-0.2, 0) is 13.6 Å². The predicted molar refractivity (Wildman–Crippen MR) is 129 cm³/mol. The molecule has 1 fully saturated rings. The first-order chi connectivity index (χ1) is 15.5. The lowest BCUT2D eigenvalue weighted by atomic mass is 9.91. The second-order valence-corrected chi connectivity index (χ2v) is 8.29. The summed E-state index contributed by atoms with van der Waals surface area (Å²) in [6.07, 6.45) is 1.60. The number of hydrogen-bond acceptors (Lipinski definition) is 4. The highest BCUT2D eigenvalue weighted by molar-refractivity contribution is 6.33. The smallest absolute Gasteiger partial charge is 0.337 e. The average Bonchev–Trinajstić information content (AvgIpc) is 3.62. The molecule has 0 amide bonds. The van der Waals surface area contributed by atoms with Gasteiger partial charge in [-0.2, -0.15) is 0 Å². The maximum atomic E-state index is 13.6. The molecule has 0 unspecified atom stereocenters. The Morgan fingerprint density at radius 2 is 1.69 bits per heavy atom. The van der Waals surface area contributed by atoms with Gasteiger partial charge in [-0.1, -0.05) is 47.9 Å². The summed E-state index contributed by atoms with van der Waals surface area (Å²) >= 11 is 0. The van der Waals surface area contributed by atoms with Gasteiger partial charge in [0.1, 0.15) is 18.9 Å². The van der Waals surface area contributed by atoms with Gasteiger partial charge in [-0.3, -0.25) is 18.7 Å². The Morgan fingerprint density at radius 3 is 2.38 bits per heavy atom. The van der Waals surface area contributed by atoms with Crippen LogP contribution in [0.25, 0.3) is 16.7 Å². The molecule has 0 bridgehead atoms. The molecule has 0 saturated heterocycles. The molecule has 0 aliphatic heterocycles. The third kappa shape index (κ3) is 3.28. The molecule has 1 aliphatic carbocycles. The second-order valence-electron chi connectivity index (χ2n) is 8.29. The standard InChI is InChI=1S/C24H23BN4O3/c1-27-20(30)13-19(26-14-15-7-5-6-10-18(15)25)21-22(27)28(16-8-3-2-4-9-16)24(32)29(23(21)31)17-11-12-17/h2-10,13,17,26H,11-12,14,25H2,1H3. The number of hydrogen-bond donors (Lipinski definition) is 1. The zero-order valence-electron chi connectivity index (χ0n) is 18.0. The molecule has 160 valence electrons. The van der Waals surface area contributed by atoms with Gasteiger partial charge >= 0.3 is 5.69 Å². The van der Waals surface area contributed by atoms with Crippen LogP contribution in [0.5, 0.6) is 0 Å². The second kappa shape index (κ2) is 7.71. The fraction of sp³-hybridized carbons (Fsp3) is 0.208. The van der Waals surface area contributed by atoms with Crippen molar-refractivity contribution in [2.24, 2.45) is 7.05 Å². The summed E-state index contributed by atoms with van der Waals surface area (Å²) in [5.41, 5.74) is 2.47. The van der Waals surface area contributed by atoms with E-state index in [9.17, 15) is 14.4 Å². The van der Waals surface area contributed by atoms with E-state index in [1.165, 1.54) is 19.8 Å². The molecule has 2 aromatic carbocycles. The largest absolute Gasteiger partial charge is 0.380 e. The minimum atomic E-state index is -0.415. The van der Waals surface area contributed by atoms with Crippen molar-refractivity contribution < 1.29 is 0 Å². The monoisotopic (exact) mass is 426 g/mol. The molecule has 0 radical (unpaired) electrons. The Kier molecular flexibility index (Phi) is 4.85. The van der Waals surface area contributed by atoms with Crippen LogP contribution in [0.4, 0.5) is 5.69 Å². The number of nitrogens with zero attached hydrogens (tertiary/aromatic N) is 3. The van der Waals surface area contributed by atoms with Crippen molar-refractivity contribution in [3.63, 3.8) is 0 Å². The van der Waals surface area contributed by atoms with Gasteiger partial charge in [0, 0.05) is 25.7 Å². The van der Waals surface area contributed by atoms with Gasteiger partial charge in [0.05, 0.1) is 11.4 Å². The Bertz CT molecular complexity index is 1520. The van der Waals surface area contributed by atoms with E-state index in [1.807, 2.05) is 50.3 Å². The van der Waals surface area contributed by atoms with Gasteiger partial charge in [-0.25, -0.2) is 9.36 Å². The van der Waals surface area contributed by atoms with Gasteiger partial charge in [0.25, 0.3) is 11.1 Å². The van der Waals surface area contributed by atoms with E-state index < -0.39 is 5.69 Å². The number of fused-ring (bicyclic) bond motifs is 1. The third-order valence-electron chi connectivity index (χ3n) is 6.11. The fourth-order valence-electron chi connectivity index (χ4n) is 4.17. The van der Waals surface area contributed by atoms with Gasteiger partial charge < -0.3 is 5.32 Å². The topological polar surface area (TPSA) is 78.0 Å². The van der Waals surface area contributed by atoms with Crippen molar-refractivity contribution in [1.82, 2.24) is 13.7 Å². The van der Waals surface area contributed by atoms with Gasteiger partial charge in [-0.15, -0.1) is 0 Å². The molecule has 1 saturated carbocycles. The number of pyridine rings is 1. The Morgan fingerprint density at radius 1 is 1.00 bits per heavy atom. The maximum Gasteiger partial charge on any atom is 0.337 e. The molecule has 32 heavy (non-hydrogen) atoms. The molecule has 1 N–H and O–H groups in total. The van der Waals surface area contributed by atoms with E-state index in [1.54, 1.807) is 19.2 Å². The lowest BCUT2D eigenvalue weighted by Crippen LogP contribution is -2.41. The van der Waals surface area contributed by atoms with Crippen LogP contribution in [0.15, 0.2) is 75.0 Å². The minimum absolute atomic E-state index is 0.101. The van der Waals surface area contributed by atoms with Crippen molar-refractivity contribution in [1.29, 1.82) is 0 Å². The minimum Gasteiger partial charge on any atom is -0.380 e. The number of nitrogens with one attached hydrogen (secondary N) is 1. The number of aryl methyl sites for hydroxylation is 1. The summed E-state index contributed by atoms with van der Waals surface area (Å²) in [6, 6.07) is 18.4. The number of para-hydroxylation sites is 1. The summed E-state index contributed by atoms with van der Waals surface area (Å²) in [7, 11) is 3.61. The molecule has 0 atom stereocenters. The predicted octanol–water partition coefficient (Wildman–Crippen LogP) is 1.06. The molecule has 4 aromatic rings. The summed E-state index contributed by atoms with van der Waals surface area (Å²) in [4.78, 5) is 39.9. The fourth-order valence-corrected chi connectivity index (χ4v) is 4.17. The molecular weight excluding hydrogens is 403 g/mol. The van der Waals surface area contributed by atoms with Crippen LogP contribution in [0.1, 0.15) is 24.4 Å². The first kappa shape index (κ1) is 20.1. The van der Waals surface area contributed by atoms with Crippen LogP contribution >= 0.6 is 0 Å². The van der Waals surface area contributed by atoms with Crippen molar-refractivity contribution in [2.75, 3.05) is 5.32 Å². The Hall–Kier alpha value is -3.81. The Labute approximate surface area is 185 Å². The first-order valence-corrected chi connectivity index (χ1v) is 10.7. The first-order valence-electron chi connectivity index (χ1n) is 10.7. The molecule has 2 aromatic heterocycles. The average molecular weight is 426 g/mol. The molecule has 0 spiro atoms. The zero-order chi connectivity index (χ0) is 22.4. The summed E-state index contributed by atoms with van der Waals surface area (Å²) in [5.74, 6) is 0. The highest BCUT2D eigenvalue weighted by Crippen LogP contribution is 2.33. The molecule has 8 heteroatoms. The van der Waals surface area contributed by atoms with E-state index in [0.717, 1.165) is 23.9 Å². The van der Waals surface area contributed by atoms with E-state index in [2.05, 4.69) is 5.32 Å². The summed E-state index contributed by atoms with van der Waals surface area (Å²) in [5, 5.41) is 3.64. The van der Waals surface area contributed by atoms with Crippen LogP contribution < -0.4 is 27.6 Å². The quantitative estimate of drug-likeness (QED) is 0.484. The number of aromatic nitrogens is 3. The lowest BCUT2D eigenvalue weighted by Gasteiger charge is -2.19. The summed E-state index contributed by atoms with van der Waals surface area (Å²) in [6.45, 7) is 0.461. The SMILES string of the molecule is Bc1ccccc1CNc1cc(=O)n(C)c2c1c(=O)n(C1CC1)c(=O)n2-c1ccccc1. The maximum absolute atomic E-state index is 13.6. The molecule has 1 aliphatic rings. The highest BCUT2D eigenvalue weighted by atomic mass is 16.2. The number of anilines is 1. The normalized spacial score (nSPS) is 13.4. The van der Waals surface area contributed by atoms with Crippen molar-refractivity contribution >= 4 is 30.0 Å². The van der Waals surface area contributed by atoms with E-state index in [-0.39, 0.29) is 17.2 Å². The van der Waals surface area contributed by atoms with Crippen LogP contribution in [-0.4, -0.2) is 21.5 Å². The zero-order valence-corrected chi connectivity index (χ0v) is 18.0. The van der Waals surface area contributed by atoms with Crippen molar-refractivity contribution in [3.8, 4) is 5.69 Å².